The van der Waals surface area contributed by atoms with Gasteiger partial charge in [0.25, 0.3) is 0 Å². The van der Waals surface area contributed by atoms with Crippen LogP contribution in [-0.4, -0.2) is 55.4 Å². The molecule has 1 saturated heterocycles. The van der Waals surface area contributed by atoms with Crippen LogP contribution in [0.25, 0.3) is 0 Å². The number of rotatable bonds is 5. The molecule has 0 amide bonds. The normalized spacial score (nSPS) is 20.0. The Morgan fingerprint density at radius 1 is 1.29 bits per heavy atom. The highest BCUT2D eigenvalue weighted by atomic mass is 19.1. The van der Waals surface area contributed by atoms with E-state index in [0.717, 1.165) is 37.7 Å². The molecule has 1 heterocycles. The van der Waals surface area contributed by atoms with Gasteiger partial charge >= 0.3 is 0 Å². The summed E-state index contributed by atoms with van der Waals surface area (Å²) in [6.07, 6.45) is 2.58. The Balaban J connectivity index is 1.89. The first-order chi connectivity index (χ1) is 9.95. The van der Waals surface area contributed by atoms with Crippen LogP contribution in [0, 0.1) is 11.6 Å². The van der Waals surface area contributed by atoms with Gasteiger partial charge in [0.05, 0.1) is 0 Å². The molecule has 1 atom stereocenters. The van der Waals surface area contributed by atoms with E-state index in [9.17, 15) is 13.6 Å². The lowest BCUT2D eigenvalue weighted by Crippen LogP contribution is -2.45. The monoisotopic (exact) mass is 296 g/mol. The van der Waals surface area contributed by atoms with Crippen molar-refractivity contribution in [2.75, 3.05) is 33.7 Å². The van der Waals surface area contributed by atoms with E-state index in [1.54, 1.807) is 0 Å². The zero-order chi connectivity index (χ0) is 15.4. The summed E-state index contributed by atoms with van der Waals surface area (Å²) in [5.41, 5.74) is 0.119. The summed E-state index contributed by atoms with van der Waals surface area (Å²) >= 11 is 0. The van der Waals surface area contributed by atoms with Crippen molar-refractivity contribution in [3.05, 3.63) is 35.4 Å². The zero-order valence-corrected chi connectivity index (χ0v) is 12.6. The Bertz CT molecular complexity index is 485. The molecule has 0 saturated carbocycles. The van der Waals surface area contributed by atoms with Gasteiger partial charge < -0.3 is 9.80 Å². The summed E-state index contributed by atoms with van der Waals surface area (Å²) in [5.74, 6) is -1.62. The third kappa shape index (κ3) is 4.58. The standard InChI is InChI=1S/C16H22F2N2O/c1-19(2)15-4-3-6-20(11-15)7-5-16(21)12-8-13(17)10-14(18)9-12/h8-10,15H,3-7,11H2,1-2H3. The van der Waals surface area contributed by atoms with Gasteiger partial charge in [-0.05, 0) is 45.6 Å². The van der Waals surface area contributed by atoms with Crippen LogP contribution >= 0.6 is 0 Å². The molecule has 3 nitrogen and oxygen atoms in total. The molecule has 0 N–H and O–H groups in total. The molecule has 1 unspecified atom stereocenters. The zero-order valence-electron chi connectivity index (χ0n) is 12.6. The summed E-state index contributed by atoms with van der Waals surface area (Å²) in [7, 11) is 4.13. The number of benzene rings is 1. The second-order valence-electron chi connectivity index (χ2n) is 5.89. The van der Waals surface area contributed by atoms with Crippen LogP contribution in [0.15, 0.2) is 18.2 Å². The van der Waals surface area contributed by atoms with Crippen LogP contribution in [0.1, 0.15) is 29.6 Å². The molecule has 1 aromatic rings. The highest BCUT2D eigenvalue weighted by molar-refractivity contribution is 5.96. The van der Waals surface area contributed by atoms with Crippen molar-refractivity contribution in [1.29, 1.82) is 0 Å². The van der Waals surface area contributed by atoms with Gasteiger partial charge in [0.1, 0.15) is 11.6 Å². The number of likely N-dealkylation sites (tertiary alicyclic amines) is 1. The molecule has 1 aliphatic heterocycles. The van der Waals surface area contributed by atoms with E-state index in [1.165, 1.54) is 6.42 Å². The fourth-order valence-electron chi connectivity index (χ4n) is 2.77. The predicted octanol–water partition coefficient (Wildman–Crippen LogP) is 2.56. The third-order valence-corrected chi connectivity index (χ3v) is 4.05. The Morgan fingerprint density at radius 3 is 2.57 bits per heavy atom. The van der Waals surface area contributed by atoms with Gasteiger partial charge in [-0.2, -0.15) is 0 Å². The van der Waals surface area contributed by atoms with E-state index in [1.807, 2.05) is 0 Å². The maximum Gasteiger partial charge on any atom is 0.164 e. The highest BCUT2D eigenvalue weighted by Crippen LogP contribution is 2.15. The lowest BCUT2D eigenvalue weighted by molar-refractivity contribution is 0.0927. The number of likely N-dealkylation sites (N-methyl/N-ethyl adjacent to an activating group) is 1. The van der Waals surface area contributed by atoms with Crippen molar-refractivity contribution in [3.63, 3.8) is 0 Å². The van der Waals surface area contributed by atoms with E-state index >= 15 is 0 Å². The molecular formula is C16H22F2N2O. The van der Waals surface area contributed by atoms with Crippen molar-refractivity contribution in [2.45, 2.75) is 25.3 Å². The largest absolute Gasteiger partial charge is 0.305 e. The summed E-state index contributed by atoms with van der Waals surface area (Å²) in [6, 6.07) is 3.50. The summed E-state index contributed by atoms with van der Waals surface area (Å²) in [5, 5.41) is 0. The van der Waals surface area contributed by atoms with E-state index in [2.05, 4.69) is 23.9 Å². The molecule has 0 aromatic heterocycles. The molecule has 0 spiro atoms. The maximum atomic E-state index is 13.1. The molecule has 0 radical (unpaired) electrons. The van der Waals surface area contributed by atoms with Gasteiger partial charge in [-0.1, -0.05) is 0 Å². The fourth-order valence-corrected chi connectivity index (χ4v) is 2.77. The molecule has 2 rings (SSSR count). The Labute approximate surface area is 124 Å². The van der Waals surface area contributed by atoms with Crippen LogP contribution in [0.5, 0.6) is 0 Å². The van der Waals surface area contributed by atoms with Crippen molar-refractivity contribution in [1.82, 2.24) is 9.80 Å². The molecule has 116 valence electrons. The number of hydrogen-bond donors (Lipinski definition) is 0. The van der Waals surface area contributed by atoms with Crippen LogP contribution in [0.3, 0.4) is 0 Å². The number of ketones is 1. The van der Waals surface area contributed by atoms with Crippen molar-refractivity contribution in [3.8, 4) is 0 Å². The Morgan fingerprint density at radius 2 is 1.95 bits per heavy atom. The van der Waals surface area contributed by atoms with Crippen LogP contribution in [0.2, 0.25) is 0 Å². The lowest BCUT2D eigenvalue weighted by Gasteiger charge is -2.36. The van der Waals surface area contributed by atoms with Gasteiger partial charge in [0.15, 0.2) is 5.78 Å². The van der Waals surface area contributed by atoms with E-state index < -0.39 is 11.6 Å². The number of carbonyl (C=O) groups is 1. The Kier molecular flexibility index (Phi) is 5.42. The van der Waals surface area contributed by atoms with Gasteiger partial charge in [0.2, 0.25) is 0 Å². The number of piperidine rings is 1. The molecule has 21 heavy (non-hydrogen) atoms. The van der Waals surface area contributed by atoms with Crippen molar-refractivity contribution in [2.24, 2.45) is 0 Å². The minimum atomic E-state index is -0.705. The number of hydrogen-bond acceptors (Lipinski definition) is 3. The second-order valence-corrected chi connectivity index (χ2v) is 5.89. The first-order valence-electron chi connectivity index (χ1n) is 7.34. The quantitative estimate of drug-likeness (QED) is 0.780. The highest BCUT2D eigenvalue weighted by Gasteiger charge is 2.21. The van der Waals surface area contributed by atoms with Crippen LogP contribution < -0.4 is 0 Å². The van der Waals surface area contributed by atoms with Crippen LogP contribution in [-0.2, 0) is 0 Å². The minimum Gasteiger partial charge on any atom is -0.305 e. The van der Waals surface area contributed by atoms with Crippen LogP contribution in [0.4, 0.5) is 8.78 Å². The van der Waals surface area contributed by atoms with E-state index in [4.69, 9.17) is 0 Å². The average molecular weight is 296 g/mol. The number of Topliss-reactive ketones (excluding diaryl/α,β-unsaturated/α-hetero) is 1. The molecular weight excluding hydrogens is 274 g/mol. The molecule has 5 heteroatoms. The first-order valence-corrected chi connectivity index (χ1v) is 7.34. The molecule has 1 aliphatic rings. The molecule has 0 aliphatic carbocycles. The number of nitrogens with zero attached hydrogens (tertiary/aromatic N) is 2. The SMILES string of the molecule is CN(C)C1CCCN(CCC(=O)c2cc(F)cc(F)c2)C1. The summed E-state index contributed by atoms with van der Waals surface area (Å²) in [6.45, 7) is 2.56. The topological polar surface area (TPSA) is 23.6 Å². The van der Waals surface area contributed by atoms with E-state index in [-0.39, 0.29) is 11.3 Å². The van der Waals surface area contributed by atoms with Gasteiger partial charge in [0, 0.05) is 37.2 Å². The smallest absolute Gasteiger partial charge is 0.164 e. The van der Waals surface area contributed by atoms with Crippen molar-refractivity contribution >= 4 is 5.78 Å². The summed E-state index contributed by atoms with van der Waals surface area (Å²) < 4.78 is 26.2. The fraction of sp³-hybridized carbons (Fsp3) is 0.562. The second kappa shape index (κ2) is 7.09. The maximum absolute atomic E-state index is 13.1. The van der Waals surface area contributed by atoms with E-state index in [0.29, 0.717) is 19.0 Å². The Hall–Kier alpha value is -1.33. The molecule has 1 aromatic carbocycles. The first kappa shape index (κ1) is 16.0. The minimum absolute atomic E-state index is 0.119. The molecule has 1 fully saturated rings. The third-order valence-electron chi connectivity index (χ3n) is 4.05. The number of carbonyl (C=O) groups excluding carboxylic acids is 1. The molecule has 0 bridgehead atoms. The van der Waals surface area contributed by atoms with Gasteiger partial charge in [-0.3, -0.25) is 4.79 Å². The van der Waals surface area contributed by atoms with Gasteiger partial charge in [-0.25, -0.2) is 8.78 Å². The number of halogens is 2. The van der Waals surface area contributed by atoms with Gasteiger partial charge in [-0.15, -0.1) is 0 Å². The lowest BCUT2D eigenvalue weighted by atomic mass is 10.0. The summed E-state index contributed by atoms with van der Waals surface area (Å²) in [4.78, 5) is 16.5. The average Bonchev–Trinajstić information content (AvgIpc) is 2.44. The van der Waals surface area contributed by atoms with Crippen molar-refractivity contribution < 1.29 is 13.6 Å². The predicted molar refractivity (Wildman–Crippen MR) is 78.5 cm³/mol.